The number of ether oxygens (including phenoxy) is 2. The molecule has 2 aromatic rings. The fourth-order valence-corrected chi connectivity index (χ4v) is 3.55. The lowest BCUT2D eigenvalue weighted by Crippen LogP contribution is -2.33. The molecule has 0 saturated carbocycles. The van der Waals surface area contributed by atoms with Gasteiger partial charge in [-0.25, -0.2) is 9.59 Å². The number of phenols is 1. The highest BCUT2D eigenvalue weighted by Crippen LogP contribution is 2.22. The van der Waals surface area contributed by atoms with Crippen molar-refractivity contribution in [3.8, 4) is 5.75 Å². The van der Waals surface area contributed by atoms with Gasteiger partial charge in [-0.15, -0.1) is 0 Å². The summed E-state index contributed by atoms with van der Waals surface area (Å²) in [6.07, 6.45) is -0.315. The predicted molar refractivity (Wildman–Crippen MR) is 127 cm³/mol. The van der Waals surface area contributed by atoms with E-state index in [0.717, 1.165) is 12.0 Å². The van der Waals surface area contributed by atoms with E-state index >= 15 is 0 Å². The van der Waals surface area contributed by atoms with E-state index in [0.29, 0.717) is 19.6 Å². The Morgan fingerprint density at radius 1 is 1.12 bits per heavy atom. The maximum Gasteiger partial charge on any atom is 0.412 e. The van der Waals surface area contributed by atoms with Crippen LogP contribution in [0.3, 0.4) is 0 Å². The van der Waals surface area contributed by atoms with Gasteiger partial charge in [-0.2, -0.15) is 0 Å². The lowest BCUT2D eigenvalue weighted by Gasteiger charge is -2.20. The van der Waals surface area contributed by atoms with Crippen LogP contribution in [0.15, 0.2) is 48.5 Å². The van der Waals surface area contributed by atoms with Gasteiger partial charge in [0.15, 0.2) is 0 Å². The fraction of sp³-hybridized carbons (Fsp3) is 0.400. The number of likely N-dealkylation sites (tertiary alicyclic amines) is 1. The highest BCUT2D eigenvalue weighted by Gasteiger charge is 2.27. The van der Waals surface area contributed by atoms with Crippen LogP contribution in [-0.4, -0.2) is 53.3 Å². The Bertz CT molecular complexity index is 1020. The van der Waals surface area contributed by atoms with Crippen molar-refractivity contribution in [3.05, 3.63) is 59.7 Å². The maximum absolute atomic E-state index is 12.6. The molecule has 0 aromatic heterocycles. The summed E-state index contributed by atoms with van der Waals surface area (Å²) in [4.78, 5) is 38.6. The van der Waals surface area contributed by atoms with Crippen LogP contribution in [0.2, 0.25) is 0 Å². The monoisotopic (exact) mass is 469 g/mol. The van der Waals surface area contributed by atoms with Crippen molar-refractivity contribution in [2.24, 2.45) is 5.92 Å². The number of benzene rings is 2. The summed E-state index contributed by atoms with van der Waals surface area (Å²) in [7, 11) is 0. The van der Waals surface area contributed by atoms with E-state index < -0.39 is 17.6 Å². The quantitative estimate of drug-likeness (QED) is 0.586. The molecule has 9 nitrogen and oxygen atoms in total. The Morgan fingerprint density at radius 2 is 1.85 bits per heavy atom. The van der Waals surface area contributed by atoms with Crippen LogP contribution in [0, 0.1) is 5.92 Å². The third-order valence-electron chi connectivity index (χ3n) is 5.13. The highest BCUT2D eigenvalue weighted by molar-refractivity contribution is 5.96. The average Bonchev–Trinajstić information content (AvgIpc) is 3.24. The molecule has 1 aliphatic heterocycles. The molecule has 0 unspecified atom stereocenters. The molecule has 1 aliphatic rings. The van der Waals surface area contributed by atoms with Gasteiger partial charge < -0.3 is 24.8 Å². The van der Waals surface area contributed by atoms with Crippen LogP contribution in [-0.2, 0) is 16.1 Å². The van der Waals surface area contributed by atoms with Crippen molar-refractivity contribution < 1.29 is 29.0 Å². The number of hydrogen-bond donors (Lipinski definition) is 3. The smallest absolute Gasteiger partial charge is 0.412 e. The number of carbonyl (C=O) groups is 3. The minimum Gasteiger partial charge on any atom is -0.508 e. The minimum atomic E-state index is -0.686. The molecule has 1 fully saturated rings. The molecule has 0 radical (unpaired) electrons. The predicted octanol–water partition coefficient (Wildman–Crippen LogP) is 4.13. The second kappa shape index (κ2) is 10.9. The first-order valence-electron chi connectivity index (χ1n) is 11.2. The molecule has 3 amide bonds. The average molecular weight is 470 g/mol. The molecule has 0 aliphatic carbocycles. The van der Waals surface area contributed by atoms with Gasteiger partial charge in [0.25, 0.3) is 5.91 Å². The Morgan fingerprint density at radius 3 is 2.56 bits per heavy atom. The Balaban J connectivity index is 1.47. The highest BCUT2D eigenvalue weighted by atomic mass is 16.6. The van der Waals surface area contributed by atoms with E-state index in [1.165, 1.54) is 18.2 Å². The first kappa shape index (κ1) is 24.9. The van der Waals surface area contributed by atoms with Crippen LogP contribution in [0.25, 0.3) is 0 Å². The first-order valence-corrected chi connectivity index (χ1v) is 11.2. The molecular formula is C25H31N3O6. The van der Waals surface area contributed by atoms with E-state index in [1.54, 1.807) is 25.7 Å². The number of amides is 3. The number of nitrogens with zero attached hydrogens (tertiary/aromatic N) is 1. The fourth-order valence-electron chi connectivity index (χ4n) is 3.55. The summed E-state index contributed by atoms with van der Waals surface area (Å²) in [6.45, 7) is 6.84. The minimum absolute atomic E-state index is 0.0879. The van der Waals surface area contributed by atoms with Gasteiger partial charge in [0, 0.05) is 37.0 Å². The Hall–Kier alpha value is -3.75. The number of anilines is 1. The number of aromatic hydroxyl groups is 1. The molecule has 0 bridgehead atoms. The van der Waals surface area contributed by atoms with Gasteiger partial charge in [-0.3, -0.25) is 10.1 Å². The van der Waals surface area contributed by atoms with Crippen LogP contribution >= 0.6 is 0 Å². The van der Waals surface area contributed by atoms with E-state index in [1.807, 2.05) is 30.3 Å². The summed E-state index contributed by atoms with van der Waals surface area (Å²) in [5.74, 6) is -0.468. The summed E-state index contributed by atoms with van der Waals surface area (Å²) >= 11 is 0. The zero-order valence-electron chi connectivity index (χ0n) is 19.7. The van der Waals surface area contributed by atoms with Crippen LogP contribution in [0.1, 0.15) is 43.1 Å². The molecule has 0 spiro atoms. The van der Waals surface area contributed by atoms with Crippen molar-refractivity contribution in [2.45, 2.75) is 39.4 Å². The number of nitrogens with one attached hydrogen (secondary N) is 2. The van der Waals surface area contributed by atoms with E-state index in [-0.39, 0.29) is 35.6 Å². The van der Waals surface area contributed by atoms with Crippen LogP contribution < -0.4 is 10.6 Å². The molecule has 182 valence electrons. The zero-order chi connectivity index (χ0) is 24.7. The van der Waals surface area contributed by atoms with Crippen molar-refractivity contribution in [3.63, 3.8) is 0 Å². The standard InChI is InChI=1S/C25H31N3O6/c1-25(2,3)34-23(31)27-20-11-19(12-21(29)13-20)22(30)26-14-18-9-10-28(15-18)24(32)33-16-17-7-5-4-6-8-17/h4-8,11-13,18,29H,9-10,14-16H2,1-3H3,(H,26,30)(H,27,31)/t18-/m1/s1. The van der Waals surface area contributed by atoms with Crippen molar-refractivity contribution in [2.75, 3.05) is 25.0 Å². The summed E-state index contributed by atoms with van der Waals surface area (Å²) < 4.78 is 10.6. The lowest BCUT2D eigenvalue weighted by molar-refractivity contribution is 0.0635. The number of rotatable bonds is 6. The lowest BCUT2D eigenvalue weighted by atomic mass is 10.1. The van der Waals surface area contributed by atoms with Gasteiger partial charge in [0.1, 0.15) is 18.0 Å². The zero-order valence-corrected chi connectivity index (χ0v) is 19.7. The van der Waals surface area contributed by atoms with Crippen LogP contribution in [0.4, 0.5) is 15.3 Å². The molecule has 1 heterocycles. The summed E-state index contributed by atoms with van der Waals surface area (Å²) in [6, 6.07) is 13.6. The second-order valence-electron chi connectivity index (χ2n) is 9.25. The largest absolute Gasteiger partial charge is 0.508 e. The van der Waals surface area contributed by atoms with Crippen molar-refractivity contribution >= 4 is 23.8 Å². The van der Waals surface area contributed by atoms with Gasteiger partial charge in [-0.05, 0) is 50.8 Å². The first-order chi connectivity index (χ1) is 16.1. The molecule has 3 N–H and O–H groups in total. The summed E-state index contributed by atoms with van der Waals surface area (Å²) in [5, 5.41) is 15.3. The molecule has 1 atom stereocenters. The molecule has 9 heteroatoms. The Labute approximate surface area is 199 Å². The third-order valence-corrected chi connectivity index (χ3v) is 5.13. The van der Waals surface area contributed by atoms with Crippen molar-refractivity contribution in [1.29, 1.82) is 0 Å². The van der Waals surface area contributed by atoms with Gasteiger partial charge in [0.2, 0.25) is 0 Å². The molecule has 3 rings (SSSR count). The summed E-state index contributed by atoms with van der Waals surface area (Å²) in [5.41, 5.74) is 0.686. The third kappa shape index (κ3) is 7.68. The topological polar surface area (TPSA) is 117 Å². The van der Waals surface area contributed by atoms with Gasteiger partial charge in [-0.1, -0.05) is 30.3 Å². The number of phenolic OH excluding ortho intramolecular Hbond substituents is 1. The normalized spacial score (nSPS) is 15.5. The van der Waals surface area contributed by atoms with Crippen LogP contribution in [0.5, 0.6) is 5.75 Å². The second-order valence-corrected chi connectivity index (χ2v) is 9.25. The molecule has 2 aromatic carbocycles. The van der Waals surface area contributed by atoms with Gasteiger partial charge >= 0.3 is 12.2 Å². The number of carbonyl (C=O) groups excluding carboxylic acids is 3. The van der Waals surface area contributed by atoms with E-state index in [9.17, 15) is 19.5 Å². The molecule has 34 heavy (non-hydrogen) atoms. The maximum atomic E-state index is 12.6. The Kier molecular flexibility index (Phi) is 7.99. The van der Waals surface area contributed by atoms with Gasteiger partial charge in [0.05, 0.1) is 0 Å². The van der Waals surface area contributed by atoms with E-state index in [4.69, 9.17) is 9.47 Å². The van der Waals surface area contributed by atoms with Crippen molar-refractivity contribution in [1.82, 2.24) is 10.2 Å². The SMILES string of the molecule is CC(C)(C)OC(=O)Nc1cc(O)cc(C(=O)NC[C@H]2CCN(C(=O)OCc3ccccc3)C2)c1. The molecular weight excluding hydrogens is 438 g/mol. The molecule has 1 saturated heterocycles. The number of hydrogen-bond acceptors (Lipinski definition) is 6. The van der Waals surface area contributed by atoms with E-state index in [2.05, 4.69) is 10.6 Å².